The highest BCUT2D eigenvalue weighted by Crippen LogP contribution is 2.35. The lowest BCUT2D eigenvalue weighted by molar-refractivity contribution is -0.130. The molecule has 0 saturated heterocycles. The molecule has 1 N–H and O–H groups in total. The van der Waals surface area contributed by atoms with Gasteiger partial charge in [-0.25, -0.2) is 5.01 Å². The van der Waals surface area contributed by atoms with Crippen molar-refractivity contribution < 1.29 is 23.5 Å². The second-order valence-corrected chi connectivity index (χ2v) is 11.9. The van der Waals surface area contributed by atoms with Gasteiger partial charge in [-0.15, -0.1) is 10.2 Å². The van der Waals surface area contributed by atoms with E-state index in [4.69, 9.17) is 19.0 Å². The van der Waals surface area contributed by atoms with Gasteiger partial charge in [-0.2, -0.15) is 5.10 Å². The first-order valence-electron chi connectivity index (χ1n) is 15.0. The van der Waals surface area contributed by atoms with Crippen LogP contribution in [0.3, 0.4) is 0 Å². The smallest absolute Gasteiger partial charge is 0.287 e. The van der Waals surface area contributed by atoms with E-state index in [1.807, 2.05) is 85.1 Å². The van der Waals surface area contributed by atoms with Crippen LogP contribution in [0.5, 0.6) is 11.5 Å². The molecule has 6 rings (SSSR count). The Bertz CT molecular complexity index is 1900. The van der Waals surface area contributed by atoms with Crippen molar-refractivity contribution in [1.82, 2.24) is 25.1 Å². The van der Waals surface area contributed by atoms with E-state index in [1.54, 1.807) is 31.4 Å². The Hall–Kier alpha value is -5.36. The van der Waals surface area contributed by atoms with Crippen molar-refractivity contribution in [3.63, 3.8) is 0 Å². The third kappa shape index (κ3) is 6.77. The number of furan rings is 1. The lowest BCUT2D eigenvalue weighted by Crippen LogP contribution is -2.28. The number of aryl methyl sites for hydroxylation is 1. The molecule has 1 aliphatic heterocycles. The summed E-state index contributed by atoms with van der Waals surface area (Å²) in [6.07, 6.45) is 2.00. The van der Waals surface area contributed by atoms with Gasteiger partial charge in [0.2, 0.25) is 0 Å². The molecule has 0 radical (unpaired) electrons. The number of ether oxygens (including phenoxy) is 2. The van der Waals surface area contributed by atoms with Crippen LogP contribution in [-0.2, 0) is 11.3 Å². The van der Waals surface area contributed by atoms with Gasteiger partial charge in [-0.1, -0.05) is 36.0 Å². The van der Waals surface area contributed by atoms with Gasteiger partial charge in [0, 0.05) is 6.42 Å². The van der Waals surface area contributed by atoms with E-state index in [-0.39, 0.29) is 35.9 Å². The second-order valence-electron chi connectivity index (χ2n) is 10.9. The van der Waals surface area contributed by atoms with Gasteiger partial charge in [0.15, 0.2) is 16.7 Å². The molecule has 0 fully saturated rings. The SMILES string of the molecule is COc1ccc(C2=NN(C(=O)CSc3nnc(CNC(=O)c4ccco4)n3-c3cccc(C)c3C)[C@@H](c3ccc(OC)cc3)C2)cc1. The highest BCUT2D eigenvalue weighted by molar-refractivity contribution is 7.99. The molecule has 1 atom stereocenters. The fraction of sp³-hybridized carbons (Fsp3) is 0.229. The summed E-state index contributed by atoms with van der Waals surface area (Å²) in [5.41, 5.74) is 5.66. The number of nitrogens with one attached hydrogen (secondary N) is 1. The molecule has 11 nitrogen and oxygen atoms in total. The van der Waals surface area contributed by atoms with Crippen molar-refractivity contribution in [2.75, 3.05) is 20.0 Å². The lowest BCUT2D eigenvalue weighted by atomic mass is 9.98. The number of hydrazone groups is 1. The Balaban J connectivity index is 1.27. The Morgan fingerprint density at radius 2 is 1.66 bits per heavy atom. The average molecular weight is 651 g/mol. The van der Waals surface area contributed by atoms with E-state index in [2.05, 4.69) is 15.5 Å². The molecule has 0 bridgehead atoms. The van der Waals surface area contributed by atoms with E-state index in [0.717, 1.165) is 45.2 Å². The van der Waals surface area contributed by atoms with Gasteiger partial charge in [-0.05, 0) is 90.7 Å². The quantitative estimate of drug-likeness (QED) is 0.176. The maximum absolute atomic E-state index is 14.0. The fourth-order valence-electron chi connectivity index (χ4n) is 5.36. The molecule has 0 aliphatic carbocycles. The van der Waals surface area contributed by atoms with E-state index < -0.39 is 0 Å². The molecular formula is C35H34N6O5S. The molecule has 12 heteroatoms. The van der Waals surface area contributed by atoms with Crippen LogP contribution in [0.25, 0.3) is 5.69 Å². The molecular weight excluding hydrogens is 616 g/mol. The minimum Gasteiger partial charge on any atom is -0.497 e. The molecule has 3 heterocycles. The van der Waals surface area contributed by atoms with E-state index in [0.29, 0.717) is 17.4 Å². The monoisotopic (exact) mass is 650 g/mol. The first kappa shape index (κ1) is 31.6. The van der Waals surface area contributed by atoms with Crippen molar-refractivity contribution in [2.24, 2.45) is 5.10 Å². The third-order valence-corrected chi connectivity index (χ3v) is 9.00. The van der Waals surface area contributed by atoms with Gasteiger partial charge >= 0.3 is 0 Å². The van der Waals surface area contributed by atoms with E-state index >= 15 is 0 Å². The zero-order chi connectivity index (χ0) is 32.9. The largest absolute Gasteiger partial charge is 0.497 e. The lowest BCUT2D eigenvalue weighted by Gasteiger charge is -2.22. The summed E-state index contributed by atoms with van der Waals surface area (Å²) in [5, 5.41) is 18.6. The standard InChI is InChI=1S/C35H34N6O5S/c1-22-7-5-8-29(23(22)2)40-32(20-36-34(43)31-9-6-18-46-31)37-38-35(40)47-21-33(42)41-30(25-12-16-27(45-4)17-13-25)19-28(39-41)24-10-14-26(44-3)15-11-24/h5-18,30H,19-21H2,1-4H3,(H,36,43)/t30-/m1/s1. The van der Waals surface area contributed by atoms with Crippen LogP contribution in [-0.4, -0.2) is 57.3 Å². The number of benzene rings is 3. The first-order valence-corrected chi connectivity index (χ1v) is 16.0. The molecule has 2 amide bonds. The van der Waals surface area contributed by atoms with Crippen LogP contribution in [0.15, 0.2) is 99.8 Å². The molecule has 240 valence electrons. The van der Waals surface area contributed by atoms with Gasteiger partial charge < -0.3 is 19.2 Å². The van der Waals surface area contributed by atoms with E-state index in [1.165, 1.54) is 18.0 Å². The van der Waals surface area contributed by atoms with Crippen LogP contribution in [0.1, 0.15) is 51.1 Å². The van der Waals surface area contributed by atoms with Gasteiger partial charge in [0.25, 0.3) is 11.8 Å². The van der Waals surface area contributed by atoms with Crippen molar-refractivity contribution >= 4 is 29.3 Å². The average Bonchev–Trinajstić information content (AvgIpc) is 3.88. The van der Waals surface area contributed by atoms with Crippen LogP contribution in [0, 0.1) is 13.8 Å². The minimum absolute atomic E-state index is 0.0633. The Kier molecular flexibility index (Phi) is 9.39. The summed E-state index contributed by atoms with van der Waals surface area (Å²) in [6, 6.07) is 24.3. The van der Waals surface area contributed by atoms with E-state index in [9.17, 15) is 9.59 Å². The molecule has 0 spiro atoms. The van der Waals surface area contributed by atoms with Crippen LogP contribution in [0.2, 0.25) is 0 Å². The summed E-state index contributed by atoms with van der Waals surface area (Å²) >= 11 is 1.27. The van der Waals surface area contributed by atoms with Crippen LogP contribution in [0.4, 0.5) is 0 Å². The Morgan fingerprint density at radius 1 is 0.936 bits per heavy atom. The summed E-state index contributed by atoms with van der Waals surface area (Å²) in [5.74, 6) is 1.73. The number of amides is 2. The number of aromatic nitrogens is 3. The van der Waals surface area contributed by atoms with Gasteiger partial charge in [0.05, 0.1) is 50.2 Å². The maximum atomic E-state index is 14.0. The maximum Gasteiger partial charge on any atom is 0.287 e. The Morgan fingerprint density at radius 3 is 2.34 bits per heavy atom. The predicted octanol–water partition coefficient (Wildman–Crippen LogP) is 5.89. The molecule has 3 aromatic carbocycles. The number of nitrogens with zero attached hydrogens (tertiary/aromatic N) is 5. The predicted molar refractivity (Wildman–Crippen MR) is 178 cm³/mol. The highest BCUT2D eigenvalue weighted by atomic mass is 32.2. The normalized spacial score (nSPS) is 14.2. The van der Waals surface area contributed by atoms with Crippen LogP contribution >= 0.6 is 11.8 Å². The highest BCUT2D eigenvalue weighted by Gasteiger charge is 2.33. The number of rotatable bonds is 11. The summed E-state index contributed by atoms with van der Waals surface area (Å²) in [7, 11) is 3.25. The summed E-state index contributed by atoms with van der Waals surface area (Å²) in [6.45, 7) is 4.16. The van der Waals surface area contributed by atoms with Crippen molar-refractivity contribution in [1.29, 1.82) is 0 Å². The molecule has 1 aliphatic rings. The third-order valence-electron chi connectivity index (χ3n) is 8.08. The molecule has 0 unspecified atom stereocenters. The molecule has 0 saturated carbocycles. The van der Waals surface area contributed by atoms with Crippen LogP contribution < -0.4 is 14.8 Å². The minimum atomic E-state index is -0.362. The second kappa shape index (κ2) is 14.0. The number of hydrogen-bond donors (Lipinski definition) is 1. The van der Waals surface area contributed by atoms with Gasteiger partial charge in [0.1, 0.15) is 11.5 Å². The summed E-state index contributed by atoms with van der Waals surface area (Å²) < 4.78 is 17.8. The number of carbonyl (C=O) groups is 2. The Labute approximate surface area is 276 Å². The zero-order valence-corrected chi connectivity index (χ0v) is 27.3. The molecule has 47 heavy (non-hydrogen) atoms. The number of hydrogen-bond acceptors (Lipinski definition) is 9. The van der Waals surface area contributed by atoms with Gasteiger partial charge in [-0.3, -0.25) is 14.2 Å². The first-order chi connectivity index (χ1) is 22.9. The van der Waals surface area contributed by atoms with Crippen molar-refractivity contribution in [3.05, 3.63) is 119 Å². The summed E-state index contributed by atoms with van der Waals surface area (Å²) in [4.78, 5) is 26.6. The topological polar surface area (TPSA) is 124 Å². The number of methoxy groups -OCH3 is 2. The van der Waals surface area contributed by atoms with Crippen molar-refractivity contribution in [3.8, 4) is 17.2 Å². The fourth-order valence-corrected chi connectivity index (χ4v) is 6.17. The zero-order valence-electron chi connectivity index (χ0n) is 26.5. The molecule has 2 aromatic heterocycles. The number of thioether (sulfide) groups is 1. The molecule has 5 aromatic rings. The number of carbonyl (C=O) groups excluding carboxylic acids is 2. The van der Waals surface area contributed by atoms with Crippen molar-refractivity contribution in [2.45, 2.75) is 38.0 Å².